The second-order valence-electron chi connectivity index (χ2n) is 5.16. The highest BCUT2D eigenvalue weighted by molar-refractivity contribution is 5.69. The molecule has 1 aromatic heterocycles. The smallest absolute Gasteiger partial charge is 0.138 e. The molecule has 20 heavy (non-hydrogen) atoms. The molecule has 0 fully saturated rings. The van der Waals surface area contributed by atoms with Crippen LogP contribution in [0.25, 0.3) is 11.1 Å². The molecule has 104 valence electrons. The van der Waals surface area contributed by atoms with Gasteiger partial charge in [0.25, 0.3) is 0 Å². The maximum Gasteiger partial charge on any atom is 0.138 e. The van der Waals surface area contributed by atoms with Gasteiger partial charge in [0.05, 0.1) is 12.8 Å². The molecule has 3 heteroatoms. The van der Waals surface area contributed by atoms with Gasteiger partial charge in [-0.1, -0.05) is 13.0 Å². The molecule has 0 radical (unpaired) electrons. The van der Waals surface area contributed by atoms with E-state index in [1.165, 1.54) is 23.2 Å². The highest BCUT2D eigenvalue weighted by atomic mass is 16.5. The average Bonchev–Trinajstić information content (AvgIpc) is 2.53. The van der Waals surface area contributed by atoms with Crippen molar-refractivity contribution in [3.05, 3.63) is 42.2 Å². The van der Waals surface area contributed by atoms with Crippen LogP contribution in [0.2, 0.25) is 0 Å². The molecule has 1 aliphatic rings. The van der Waals surface area contributed by atoms with Crippen LogP contribution in [0, 0.1) is 0 Å². The number of nitrogens with one attached hydrogen (secondary N) is 1. The Morgan fingerprint density at radius 3 is 3.05 bits per heavy atom. The number of hydrogen-bond acceptors (Lipinski definition) is 3. The largest absolute Gasteiger partial charge is 0.492 e. The number of aromatic nitrogens is 1. The number of hydrogen-bond donors (Lipinski definition) is 1. The number of pyridine rings is 1. The summed E-state index contributed by atoms with van der Waals surface area (Å²) < 4.78 is 5.66. The van der Waals surface area contributed by atoms with E-state index in [-0.39, 0.29) is 0 Å². The Bertz CT molecular complexity index is 595. The number of aryl methyl sites for hydroxylation is 1. The number of benzene rings is 1. The maximum atomic E-state index is 5.66. The molecule has 1 N–H and O–H groups in total. The van der Waals surface area contributed by atoms with Crippen LogP contribution in [0.1, 0.15) is 25.3 Å². The van der Waals surface area contributed by atoms with Gasteiger partial charge in [-0.2, -0.15) is 0 Å². The van der Waals surface area contributed by atoms with E-state index in [2.05, 4.69) is 41.5 Å². The Kier molecular flexibility index (Phi) is 3.86. The zero-order valence-corrected chi connectivity index (χ0v) is 11.9. The summed E-state index contributed by atoms with van der Waals surface area (Å²) in [6.45, 7) is 3.92. The van der Waals surface area contributed by atoms with Crippen molar-refractivity contribution in [3.8, 4) is 16.9 Å². The first-order valence-electron chi connectivity index (χ1n) is 7.32. The van der Waals surface area contributed by atoms with E-state index in [0.717, 1.165) is 37.3 Å². The molecule has 3 rings (SSSR count). The summed E-state index contributed by atoms with van der Waals surface area (Å²) in [6, 6.07) is 8.66. The Balaban J connectivity index is 1.88. The van der Waals surface area contributed by atoms with Gasteiger partial charge in [0.1, 0.15) is 5.75 Å². The van der Waals surface area contributed by atoms with E-state index in [9.17, 15) is 0 Å². The van der Waals surface area contributed by atoms with Gasteiger partial charge in [0, 0.05) is 24.0 Å². The first kappa shape index (κ1) is 13.0. The highest BCUT2D eigenvalue weighted by Gasteiger charge is 2.10. The van der Waals surface area contributed by atoms with Gasteiger partial charge in [0.15, 0.2) is 0 Å². The van der Waals surface area contributed by atoms with Crippen molar-refractivity contribution in [1.82, 2.24) is 4.98 Å². The normalized spacial score (nSPS) is 13.4. The number of anilines is 1. The molecule has 2 heterocycles. The summed E-state index contributed by atoms with van der Waals surface area (Å²) in [5, 5.41) is 3.44. The van der Waals surface area contributed by atoms with Gasteiger partial charge < -0.3 is 10.1 Å². The fraction of sp³-hybridized carbons (Fsp3) is 0.353. The van der Waals surface area contributed by atoms with Crippen molar-refractivity contribution in [2.45, 2.75) is 26.2 Å². The molecule has 2 aromatic rings. The third kappa shape index (κ3) is 2.77. The number of ether oxygens (including phenoxy) is 1. The lowest BCUT2D eigenvalue weighted by Gasteiger charge is -2.18. The van der Waals surface area contributed by atoms with Gasteiger partial charge in [-0.3, -0.25) is 4.98 Å². The highest BCUT2D eigenvalue weighted by Crippen LogP contribution is 2.29. The molecular formula is C17H20N2O. The quantitative estimate of drug-likeness (QED) is 0.913. The molecular weight excluding hydrogens is 248 g/mol. The standard InChI is InChI=1S/C17H20N2O/c1-2-8-20-16-10-15(11-18-12-16)13-5-6-17-14(9-13)4-3-7-19-17/h5-6,9-12,19H,2-4,7-8H2,1H3. The second kappa shape index (κ2) is 5.95. The number of fused-ring (bicyclic) bond motifs is 1. The van der Waals surface area contributed by atoms with Gasteiger partial charge in [-0.05, 0) is 48.6 Å². The summed E-state index contributed by atoms with van der Waals surface area (Å²) in [6.07, 6.45) is 7.04. The van der Waals surface area contributed by atoms with E-state index in [1.54, 1.807) is 6.20 Å². The van der Waals surface area contributed by atoms with Crippen LogP contribution in [0.5, 0.6) is 5.75 Å². The predicted molar refractivity (Wildman–Crippen MR) is 82.3 cm³/mol. The van der Waals surface area contributed by atoms with Crippen LogP contribution in [-0.4, -0.2) is 18.1 Å². The molecule has 0 spiro atoms. The zero-order valence-electron chi connectivity index (χ0n) is 11.9. The van der Waals surface area contributed by atoms with E-state index < -0.39 is 0 Å². The van der Waals surface area contributed by atoms with Crippen molar-refractivity contribution >= 4 is 5.69 Å². The van der Waals surface area contributed by atoms with Crippen molar-refractivity contribution in [1.29, 1.82) is 0 Å². The molecule has 0 amide bonds. The van der Waals surface area contributed by atoms with Crippen LogP contribution < -0.4 is 10.1 Å². The molecule has 3 nitrogen and oxygen atoms in total. The summed E-state index contributed by atoms with van der Waals surface area (Å²) in [4.78, 5) is 4.29. The van der Waals surface area contributed by atoms with Crippen molar-refractivity contribution in [3.63, 3.8) is 0 Å². The number of rotatable bonds is 4. The number of nitrogens with zero attached hydrogens (tertiary/aromatic N) is 1. The van der Waals surface area contributed by atoms with Gasteiger partial charge in [-0.25, -0.2) is 0 Å². The lowest BCUT2D eigenvalue weighted by molar-refractivity contribution is 0.316. The lowest BCUT2D eigenvalue weighted by Crippen LogP contribution is -2.11. The average molecular weight is 268 g/mol. The topological polar surface area (TPSA) is 34.1 Å². The van der Waals surface area contributed by atoms with Crippen LogP contribution >= 0.6 is 0 Å². The lowest BCUT2D eigenvalue weighted by atomic mass is 9.98. The third-order valence-electron chi connectivity index (χ3n) is 3.56. The first-order chi connectivity index (χ1) is 9.86. The minimum atomic E-state index is 0.735. The van der Waals surface area contributed by atoms with Gasteiger partial charge in [0.2, 0.25) is 0 Å². The third-order valence-corrected chi connectivity index (χ3v) is 3.56. The van der Waals surface area contributed by atoms with E-state index in [4.69, 9.17) is 4.74 Å². The molecule has 0 atom stereocenters. The molecule has 0 saturated heterocycles. The molecule has 0 saturated carbocycles. The molecule has 1 aliphatic heterocycles. The first-order valence-corrected chi connectivity index (χ1v) is 7.32. The van der Waals surface area contributed by atoms with E-state index >= 15 is 0 Å². The maximum absolute atomic E-state index is 5.66. The fourth-order valence-corrected chi connectivity index (χ4v) is 2.53. The Labute approximate surface area is 120 Å². The Morgan fingerprint density at radius 2 is 2.15 bits per heavy atom. The second-order valence-corrected chi connectivity index (χ2v) is 5.16. The Hall–Kier alpha value is -2.03. The van der Waals surface area contributed by atoms with Crippen LogP contribution in [-0.2, 0) is 6.42 Å². The van der Waals surface area contributed by atoms with Crippen molar-refractivity contribution in [2.75, 3.05) is 18.5 Å². The van der Waals surface area contributed by atoms with Crippen molar-refractivity contribution < 1.29 is 4.74 Å². The summed E-state index contributed by atoms with van der Waals surface area (Å²) in [5.74, 6) is 0.847. The molecule has 0 bridgehead atoms. The summed E-state index contributed by atoms with van der Waals surface area (Å²) in [5.41, 5.74) is 4.99. The van der Waals surface area contributed by atoms with Crippen LogP contribution in [0.4, 0.5) is 5.69 Å². The SMILES string of the molecule is CCCOc1cncc(-c2ccc3c(c2)CCCN3)c1. The van der Waals surface area contributed by atoms with Crippen LogP contribution in [0.3, 0.4) is 0 Å². The van der Waals surface area contributed by atoms with Crippen molar-refractivity contribution in [2.24, 2.45) is 0 Å². The van der Waals surface area contributed by atoms with Gasteiger partial charge >= 0.3 is 0 Å². The minimum Gasteiger partial charge on any atom is -0.492 e. The van der Waals surface area contributed by atoms with E-state index in [1.807, 2.05) is 6.20 Å². The molecule has 0 unspecified atom stereocenters. The Morgan fingerprint density at radius 1 is 1.20 bits per heavy atom. The fourth-order valence-electron chi connectivity index (χ4n) is 2.53. The van der Waals surface area contributed by atoms with Gasteiger partial charge in [-0.15, -0.1) is 0 Å². The predicted octanol–water partition coefficient (Wildman–Crippen LogP) is 3.90. The monoisotopic (exact) mass is 268 g/mol. The summed E-state index contributed by atoms with van der Waals surface area (Å²) >= 11 is 0. The molecule has 0 aliphatic carbocycles. The zero-order chi connectivity index (χ0) is 13.8. The minimum absolute atomic E-state index is 0.735. The molecule has 1 aromatic carbocycles. The van der Waals surface area contributed by atoms with Crippen LogP contribution in [0.15, 0.2) is 36.7 Å². The summed E-state index contributed by atoms with van der Waals surface area (Å²) in [7, 11) is 0. The van der Waals surface area contributed by atoms with E-state index in [0.29, 0.717) is 0 Å².